The van der Waals surface area contributed by atoms with Gasteiger partial charge in [0.15, 0.2) is 0 Å². The Morgan fingerprint density at radius 3 is 2.00 bits per heavy atom. The highest BCUT2D eigenvalue weighted by Gasteiger charge is 2.59. The van der Waals surface area contributed by atoms with Crippen molar-refractivity contribution in [3.8, 4) is 0 Å². The quantitative estimate of drug-likeness (QED) is 0.707. The van der Waals surface area contributed by atoms with E-state index in [0.717, 1.165) is 24.0 Å². The third kappa shape index (κ3) is 4.14. The molecule has 1 aliphatic heterocycles. The van der Waals surface area contributed by atoms with Crippen LogP contribution in [0.3, 0.4) is 0 Å². The smallest absolute Gasteiger partial charge is 0.311 e. The molecule has 1 heterocycles. The second-order valence-electron chi connectivity index (χ2n) is 8.97. The van der Waals surface area contributed by atoms with E-state index in [9.17, 15) is 14.4 Å². The van der Waals surface area contributed by atoms with Crippen LogP contribution in [-0.4, -0.2) is 41.9 Å². The minimum absolute atomic E-state index is 0.0601. The fraction of sp³-hybridized carbons (Fsp3) is 0.423. The molecule has 6 heteroatoms. The van der Waals surface area contributed by atoms with Gasteiger partial charge in [0.05, 0.1) is 19.1 Å². The number of nitrogens with zero attached hydrogens (tertiary/aromatic N) is 1. The lowest BCUT2D eigenvalue weighted by molar-refractivity contribution is -0.148. The number of methoxy groups -OCH3 is 1. The number of carbonyl (C=O) groups excluding carboxylic acids is 3. The Morgan fingerprint density at radius 1 is 0.938 bits per heavy atom. The van der Waals surface area contributed by atoms with Crippen LogP contribution in [0, 0.1) is 11.8 Å². The molecule has 0 spiro atoms. The molecule has 32 heavy (non-hydrogen) atoms. The molecule has 1 N–H and O–H groups in total. The van der Waals surface area contributed by atoms with Crippen LogP contribution in [0.5, 0.6) is 0 Å². The van der Waals surface area contributed by atoms with Gasteiger partial charge in [-0.05, 0) is 37.8 Å². The highest BCUT2D eigenvalue weighted by atomic mass is 16.5. The summed E-state index contributed by atoms with van der Waals surface area (Å²) in [4.78, 5) is 42.1. The van der Waals surface area contributed by atoms with Crippen molar-refractivity contribution in [2.75, 3.05) is 7.11 Å². The first kappa shape index (κ1) is 22.1. The molecule has 4 unspecified atom stereocenters. The maximum atomic E-state index is 13.6. The van der Waals surface area contributed by atoms with Gasteiger partial charge in [-0.2, -0.15) is 0 Å². The van der Waals surface area contributed by atoms with Crippen molar-refractivity contribution in [3.63, 3.8) is 0 Å². The monoisotopic (exact) mass is 434 g/mol. The van der Waals surface area contributed by atoms with Crippen molar-refractivity contribution in [2.24, 2.45) is 11.8 Å². The molecule has 4 atom stereocenters. The average molecular weight is 435 g/mol. The molecule has 0 radical (unpaired) electrons. The van der Waals surface area contributed by atoms with Gasteiger partial charge in [-0.15, -0.1) is 0 Å². The number of rotatable bonds is 6. The number of carbonyl (C=O) groups is 3. The number of nitrogens with one attached hydrogen (secondary N) is 1. The maximum Gasteiger partial charge on any atom is 0.311 e. The topological polar surface area (TPSA) is 75.7 Å². The van der Waals surface area contributed by atoms with E-state index in [4.69, 9.17) is 4.74 Å². The molecule has 0 bridgehead atoms. The largest absolute Gasteiger partial charge is 0.469 e. The predicted octanol–water partition coefficient (Wildman–Crippen LogP) is 3.45. The van der Waals surface area contributed by atoms with Crippen LogP contribution >= 0.6 is 0 Å². The van der Waals surface area contributed by atoms with Gasteiger partial charge in [0.2, 0.25) is 11.8 Å². The Kier molecular flexibility index (Phi) is 6.31. The van der Waals surface area contributed by atoms with Gasteiger partial charge in [0, 0.05) is 17.9 Å². The zero-order valence-electron chi connectivity index (χ0n) is 18.7. The van der Waals surface area contributed by atoms with Crippen molar-refractivity contribution in [1.82, 2.24) is 10.2 Å². The van der Waals surface area contributed by atoms with Crippen molar-refractivity contribution in [3.05, 3.63) is 71.8 Å². The number of hydrogen-bond acceptors (Lipinski definition) is 4. The van der Waals surface area contributed by atoms with Crippen LogP contribution in [-0.2, 0) is 19.1 Å². The molecule has 2 fully saturated rings. The predicted molar refractivity (Wildman–Crippen MR) is 121 cm³/mol. The Bertz CT molecular complexity index is 972. The zero-order chi connectivity index (χ0) is 22.8. The molecule has 2 amide bonds. The molecule has 6 nitrogen and oxygen atoms in total. The average Bonchev–Trinajstić information content (AvgIpc) is 3.59. The summed E-state index contributed by atoms with van der Waals surface area (Å²) in [6.07, 6.45) is 1.63. The lowest BCUT2D eigenvalue weighted by Gasteiger charge is -2.32. The van der Waals surface area contributed by atoms with Gasteiger partial charge < -0.3 is 15.0 Å². The van der Waals surface area contributed by atoms with Gasteiger partial charge >= 0.3 is 5.97 Å². The van der Waals surface area contributed by atoms with E-state index in [1.54, 1.807) is 4.90 Å². The van der Waals surface area contributed by atoms with Crippen LogP contribution in [0.25, 0.3) is 0 Å². The fourth-order valence-corrected chi connectivity index (χ4v) is 4.88. The summed E-state index contributed by atoms with van der Waals surface area (Å²) in [5, 5.41) is 2.99. The van der Waals surface area contributed by atoms with E-state index in [1.165, 1.54) is 7.11 Å². The van der Waals surface area contributed by atoms with Gasteiger partial charge in [-0.1, -0.05) is 60.7 Å². The first-order valence-electron chi connectivity index (χ1n) is 11.2. The molecule has 4 rings (SSSR count). The highest BCUT2D eigenvalue weighted by molar-refractivity contribution is 5.94. The van der Waals surface area contributed by atoms with E-state index in [2.05, 4.69) is 5.32 Å². The Labute approximate surface area is 188 Å². The number of hydrogen-bond donors (Lipinski definition) is 1. The van der Waals surface area contributed by atoms with Gasteiger partial charge in [0.25, 0.3) is 0 Å². The summed E-state index contributed by atoms with van der Waals surface area (Å²) in [6.45, 7) is 3.79. The van der Waals surface area contributed by atoms with Gasteiger partial charge in [-0.25, -0.2) is 0 Å². The van der Waals surface area contributed by atoms with E-state index in [0.29, 0.717) is 0 Å². The molecule has 168 valence electrons. The molecular weight excluding hydrogens is 404 g/mol. The van der Waals surface area contributed by atoms with E-state index in [1.807, 2.05) is 74.5 Å². The van der Waals surface area contributed by atoms with Crippen molar-refractivity contribution >= 4 is 17.8 Å². The third-order valence-electron chi connectivity index (χ3n) is 6.35. The Hall–Kier alpha value is -3.15. The number of benzene rings is 2. The number of ether oxygens (including phenoxy) is 1. The van der Waals surface area contributed by atoms with Gasteiger partial charge in [-0.3, -0.25) is 14.4 Å². The summed E-state index contributed by atoms with van der Waals surface area (Å²) in [7, 11) is 1.36. The number of likely N-dealkylation sites (tertiary alicyclic amines) is 1. The summed E-state index contributed by atoms with van der Waals surface area (Å²) in [5.74, 6) is -2.03. The third-order valence-corrected chi connectivity index (χ3v) is 6.35. The number of amides is 2. The molecule has 1 aliphatic carbocycles. The summed E-state index contributed by atoms with van der Waals surface area (Å²) in [5.41, 5.74) is 1.68. The number of esters is 1. The van der Waals surface area contributed by atoms with E-state index >= 15 is 0 Å². The SMILES string of the molecule is COC(=O)C1C(c2ccccc2)C(C(=O)NC(C)C)N(C(=O)C2CC2)C1c1ccccc1. The highest BCUT2D eigenvalue weighted by Crippen LogP contribution is 2.52. The van der Waals surface area contributed by atoms with Crippen LogP contribution in [0.1, 0.15) is 49.8 Å². The minimum atomic E-state index is -0.804. The molecule has 2 aromatic rings. The van der Waals surface area contributed by atoms with Crippen molar-refractivity contribution in [2.45, 2.75) is 50.7 Å². The second-order valence-corrected chi connectivity index (χ2v) is 8.97. The molecular formula is C26H30N2O4. The lowest BCUT2D eigenvalue weighted by Crippen LogP contribution is -2.50. The molecule has 2 aliphatic rings. The molecule has 2 aromatic carbocycles. The van der Waals surface area contributed by atoms with Gasteiger partial charge in [0.1, 0.15) is 6.04 Å². The normalized spacial score (nSPS) is 24.9. The van der Waals surface area contributed by atoms with Crippen molar-refractivity contribution in [1.29, 1.82) is 0 Å². The summed E-state index contributed by atoms with van der Waals surface area (Å²) >= 11 is 0. The van der Waals surface area contributed by atoms with Crippen LogP contribution in [0.4, 0.5) is 0 Å². The fourth-order valence-electron chi connectivity index (χ4n) is 4.88. The molecule has 1 saturated heterocycles. The van der Waals surface area contributed by atoms with E-state index in [-0.39, 0.29) is 23.8 Å². The summed E-state index contributed by atoms with van der Waals surface area (Å²) in [6, 6.07) is 17.6. The zero-order valence-corrected chi connectivity index (χ0v) is 18.7. The first-order chi connectivity index (χ1) is 15.4. The Morgan fingerprint density at radius 2 is 1.50 bits per heavy atom. The first-order valence-corrected chi connectivity index (χ1v) is 11.2. The standard InChI is InChI=1S/C26H30N2O4/c1-16(2)27-24(29)23-20(17-10-6-4-7-11-17)21(26(31)32-3)22(18-12-8-5-9-13-18)28(23)25(30)19-14-15-19/h4-13,16,19-23H,14-15H2,1-3H3,(H,27,29). The second kappa shape index (κ2) is 9.15. The lowest BCUT2D eigenvalue weighted by atomic mass is 9.79. The van der Waals surface area contributed by atoms with Crippen LogP contribution in [0.15, 0.2) is 60.7 Å². The summed E-state index contributed by atoms with van der Waals surface area (Å²) < 4.78 is 5.24. The van der Waals surface area contributed by atoms with Crippen LogP contribution < -0.4 is 5.32 Å². The minimum Gasteiger partial charge on any atom is -0.469 e. The van der Waals surface area contributed by atoms with Crippen LogP contribution in [0.2, 0.25) is 0 Å². The van der Waals surface area contributed by atoms with E-state index < -0.39 is 29.9 Å². The van der Waals surface area contributed by atoms with Crippen molar-refractivity contribution < 1.29 is 19.1 Å². The molecule has 1 saturated carbocycles. The Balaban J connectivity index is 1.92. The molecule has 0 aromatic heterocycles. The maximum absolute atomic E-state index is 13.6.